The predicted molar refractivity (Wildman–Crippen MR) is 123 cm³/mol. The minimum absolute atomic E-state index is 0.0844. The molecule has 1 fully saturated rings. The molecule has 168 valence electrons. The van der Waals surface area contributed by atoms with Gasteiger partial charge in [-0.1, -0.05) is 49.6 Å². The highest BCUT2D eigenvalue weighted by Crippen LogP contribution is 2.31. The third kappa shape index (κ3) is 4.61. The van der Waals surface area contributed by atoms with Crippen LogP contribution in [0.2, 0.25) is 0 Å². The Morgan fingerprint density at radius 3 is 2.59 bits per heavy atom. The number of hydrogen-bond donors (Lipinski definition) is 2. The number of carbonyl (C=O) groups is 1. The number of methoxy groups -OCH3 is 1. The van der Waals surface area contributed by atoms with E-state index >= 15 is 0 Å². The molecule has 32 heavy (non-hydrogen) atoms. The number of ether oxygens (including phenoxy) is 1. The molecule has 1 amide bonds. The average Bonchev–Trinajstić information content (AvgIpc) is 2.82. The molecular formula is C24H27N3O4S. The molecule has 7 nitrogen and oxygen atoms in total. The zero-order chi connectivity index (χ0) is 22.6. The Morgan fingerprint density at radius 1 is 1.06 bits per heavy atom. The Bertz CT molecular complexity index is 1220. The molecule has 1 aliphatic carbocycles. The van der Waals surface area contributed by atoms with Crippen molar-refractivity contribution in [2.24, 2.45) is 0 Å². The van der Waals surface area contributed by atoms with Crippen LogP contribution in [0.15, 0.2) is 65.7 Å². The van der Waals surface area contributed by atoms with Crippen molar-refractivity contribution in [3.63, 3.8) is 0 Å². The van der Waals surface area contributed by atoms with Gasteiger partial charge >= 0.3 is 0 Å². The monoisotopic (exact) mass is 453 g/mol. The number of carbonyl (C=O) groups excluding carboxylic acids is 1. The smallest absolute Gasteiger partial charge is 0.243 e. The van der Waals surface area contributed by atoms with Gasteiger partial charge in [-0.15, -0.1) is 0 Å². The zero-order valence-corrected chi connectivity index (χ0v) is 18.8. The van der Waals surface area contributed by atoms with Crippen LogP contribution in [-0.2, 0) is 21.4 Å². The first-order valence-corrected chi connectivity index (χ1v) is 12.2. The Hall–Kier alpha value is -2.97. The van der Waals surface area contributed by atoms with E-state index in [1.54, 1.807) is 25.4 Å². The number of pyridine rings is 1. The van der Waals surface area contributed by atoms with Crippen LogP contribution < -0.4 is 14.8 Å². The van der Waals surface area contributed by atoms with Crippen LogP contribution in [-0.4, -0.2) is 32.0 Å². The van der Waals surface area contributed by atoms with Crippen LogP contribution in [0.4, 0.5) is 0 Å². The summed E-state index contributed by atoms with van der Waals surface area (Å²) < 4.78 is 34.9. The maximum atomic E-state index is 13.4. The standard InChI is InChI=1S/C24H27N3O4S/c1-31-20-11-5-8-18(16-20)17-26-23(28)24(13-3-2-4-14-24)27-32(29,30)21-12-6-9-19-10-7-15-25-22(19)21/h5-12,15-16,27H,2-4,13-14,17H2,1H3,(H,26,28). The summed E-state index contributed by atoms with van der Waals surface area (Å²) in [6.07, 6.45) is 5.01. The molecule has 2 N–H and O–H groups in total. The first-order valence-electron chi connectivity index (χ1n) is 10.7. The van der Waals surface area contributed by atoms with Gasteiger partial charge in [-0.05, 0) is 42.7 Å². The van der Waals surface area contributed by atoms with Gasteiger partial charge in [0.2, 0.25) is 15.9 Å². The van der Waals surface area contributed by atoms with Crippen molar-refractivity contribution in [2.75, 3.05) is 7.11 Å². The van der Waals surface area contributed by atoms with E-state index in [4.69, 9.17) is 4.74 Å². The number of benzene rings is 2. The number of aromatic nitrogens is 1. The lowest BCUT2D eigenvalue weighted by atomic mass is 9.82. The van der Waals surface area contributed by atoms with Gasteiger partial charge < -0.3 is 10.1 Å². The molecule has 1 heterocycles. The Morgan fingerprint density at radius 2 is 1.81 bits per heavy atom. The van der Waals surface area contributed by atoms with Crippen LogP contribution >= 0.6 is 0 Å². The van der Waals surface area contributed by atoms with E-state index in [-0.39, 0.29) is 17.3 Å². The van der Waals surface area contributed by atoms with Crippen molar-refractivity contribution in [3.8, 4) is 5.75 Å². The molecule has 1 aromatic heterocycles. The molecule has 1 aliphatic rings. The van der Waals surface area contributed by atoms with Gasteiger partial charge in [-0.2, -0.15) is 4.72 Å². The number of amides is 1. The number of para-hydroxylation sites is 1. The molecule has 0 atom stereocenters. The SMILES string of the molecule is COc1cccc(CNC(=O)C2(NS(=O)(=O)c3cccc4cccnc34)CCCCC2)c1. The van der Waals surface area contributed by atoms with Gasteiger partial charge in [-0.3, -0.25) is 9.78 Å². The predicted octanol–water partition coefficient (Wildman–Crippen LogP) is 3.54. The maximum Gasteiger partial charge on any atom is 0.243 e. The molecule has 0 radical (unpaired) electrons. The summed E-state index contributed by atoms with van der Waals surface area (Å²) >= 11 is 0. The van der Waals surface area contributed by atoms with Gasteiger partial charge in [0.1, 0.15) is 16.2 Å². The molecule has 0 aliphatic heterocycles. The number of nitrogens with zero attached hydrogens (tertiary/aromatic N) is 1. The Kier molecular flexibility index (Phi) is 6.43. The van der Waals surface area contributed by atoms with Crippen LogP contribution in [0.25, 0.3) is 10.9 Å². The Labute approximate surface area is 188 Å². The first-order chi connectivity index (χ1) is 15.4. The number of rotatable bonds is 7. The number of hydrogen-bond acceptors (Lipinski definition) is 5. The second kappa shape index (κ2) is 9.26. The number of fused-ring (bicyclic) bond motifs is 1. The maximum absolute atomic E-state index is 13.4. The highest BCUT2D eigenvalue weighted by molar-refractivity contribution is 7.89. The van der Waals surface area contributed by atoms with E-state index in [1.165, 1.54) is 6.07 Å². The van der Waals surface area contributed by atoms with Crippen LogP contribution in [0, 0.1) is 0 Å². The van der Waals surface area contributed by atoms with Crippen LogP contribution in [0.5, 0.6) is 5.75 Å². The fraction of sp³-hybridized carbons (Fsp3) is 0.333. The molecule has 0 unspecified atom stereocenters. The van der Waals surface area contributed by atoms with Crippen LogP contribution in [0.3, 0.4) is 0 Å². The van der Waals surface area contributed by atoms with Gasteiger partial charge in [0.25, 0.3) is 0 Å². The van der Waals surface area contributed by atoms with E-state index < -0.39 is 15.6 Å². The number of nitrogens with one attached hydrogen (secondary N) is 2. The van der Waals surface area contributed by atoms with Crippen molar-refractivity contribution in [2.45, 2.75) is 49.1 Å². The molecule has 8 heteroatoms. The summed E-state index contributed by atoms with van der Waals surface area (Å²) in [5, 5.41) is 3.67. The van der Waals surface area contributed by atoms with Gasteiger partial charge in [-0.25, -0.2) is 8.42 Å². The summed E-state index contributed by atoms with van der Waals surface area (Å²) in [6, 6.07) is 16.0. The average molecular weight is 454 g/mol. The lowest BCUT2D eigenvalue weighted by Gasteiger charge is -2.36. The highest BCUT2D eigenvalue weighted by Gasteiger charge is 2.43. The van der Waals surface area contributed by atoms with E-state index in [1.807, 2.05) is 36.4 Å². The van der Waals surface area contributed by atoms with Crippen molar-refractivity contribution in [1.29, 1.82) is 0 Å². The third-order valence-electron chi connectivity index (χ3n) is 5.94. The van der Waals surface area contributed by atoms with Gasteiger partial charge in [0, 0.05) is 18.1 Å². The summed E-state index contributed by atoms with van der Waals surface area (Å²) in [5.74, 6) is 0.394. The first kappa shape index (κ1) is 22.2. The van der Waals surface area contributed by atoms with Crippen molar-refractivity contribution in [1.82, 2.24) is 15.0 Å². The van der Waals surface area contributed by atoms with E-state index in [2.05, 4.69) is 15.0 Å². The minimum Gasteiger partial charge on any atom is -0.497 e. The minimum atomic E-state index is -3.98. The Balaban J connectivity index is 1.60. The second-order valence-corrected chi connectivity index (χ2v) is 9.76. The topological polar surface area (TPSA) is 97.4 Å². The van der Waals surface area contributed by atoms with Crippen LogP contribution in [0.1, 0.15) is 37.7 Å². The third-order valence-corrected chi connectivity index (χ3v) is 7.51. The second-order valence-electron chi connectivity index (χ2n) is 8.11. The fourth-order valence-corrected chi connectivity index (χ4v) is 5.87. The lowest BCUT2D eigenvalue weighted by molar-refractivity contribution is -0.128. The van der Waals surface area contributed by atoms with Crippen molar-refractivity contribution < 1.29 is 17.9 Å². The van der Waals surface area contributed by atoms with Crippen molar-refractivity contribution >= 4 is 26.8 Å². The number of sulfonamides is 1. The molecule has 0 bridgehead atoms. The fourth-order valence-electron chi connectivity index (χ4n) is 4.27. The normalized spacial score (nSPS) is 15.9. The van der Waals surface area contributed by atoms with Crippen molar-refractivity contribution in [3.05, 3.63) is 66.4 Å². The lowest BCUT2D eigenvalue weighted by Crippen LogP contribution is -2.59. The zero-order valence-electron chi connectivity index (χ0n) is 18.0. The summed E-state index contributed by atoms with van der Waals surface area (Å²) in [4.78, 5) is 17.7. The van der Waals surface area contributed by atoms with Gasteiger partial charge in [0.15, 0.2) is 0 Å². The molecule has 0 saturated heterocycles. The molecular weight excluding hydrogens is 426 g/mol. The molecule has 4 rings (SSSR count). The summed E-state index contributed by atoms with van der Waals surface area (Å²) in [6.45, 7) is 0.287. The van der Waals surface area contributed by atoms with E-state index in [0.717, 1.165) is 30.2 Å². The van der Waals surface area contributed by atoms with Gasteiger partial charge in [0.05, 0.1) is 12.6 Å². The quantitative estimate of drug-likeness (QED) is 0.570. The summed E-state index contributed by atoms with van der Waals surface area (Å²) in [5.41, 5.74) is 0.0856. The highest BCUT2D eigenvalue weighted by atomic mass is 32.2. The summed E-state index contributed by atoms with van der Waals surface area (Å²) in [7, 11) is -2.39. The van der Waals surface area contributed by atoms with E-state index in [9.17, 15) is 13.2 Å². The molecule has 3 aromatic rings. The van der Waals surface area contributed by atoms with E-state index in [0.29, 0.717) is 24.1 Å². The molecule has 1 saturated carbocycles. The molecule has 2 aromatic carbocycles. The largest absolute Gasteiger partial charge is 0.497 e. The molecule has 0 spiro atoms.